The molecule has 1 amide bonds. The van der Waals surface area contributed by atoms with Crippen LogP contribution < -0.4 is 0 Å². The van der Waals surface area contributed by atoms with Crippen molar-refractivity contribution in [3.8, 4) is 0 Å². The zero-order chi connectivity index (χ0) is 15.4. The number of rotatable bonds is 8. The van der Waals surface area contributed by atoms with Crippen LogP contribution in [-0.2, 0) is 14.3 Å². The first-order chi connectivity index (χ1) is 10.1. The highest BCUT2D eigenvalue weighted by atomic mass is 16.5. The van der Waals surface area contributed by atoms with Gasteiger partial charge in [-0.25, -0.2) is 0 Å². The van der Waals surface area contributed by atoms with Gasteiger partial charge in [0.05, 0.1) is 24.0 Å². The van der Waals surface area contributed by atoms with E-state index < -0.39 is 17.8 Å². The van der Waals surface area contributed by atoms with E-state index >= 15 is 0 Å². The number of hydrogen-bond acceptors (Lipinski definition) is 3. The van der Waals surface area contributed by atoms with Gasteiger partial charge in [0.15, 0.2) is 0 Å². The molecule has 0 aromatic carbocycles. The van der Waals surface area contributed by atoms with Crippen molar-refractivity contribution in [3.05, 3.63) is 0 Å². The van der Waals surface area contributed by atoms with Gasteiger partial charge in [0.2, 0.25) is 5.91 Å². The SMILES string of the molecule is CCCCN(CCCC)C(=O)[C@@H]1[C@@H](C(=O)O)[C@@H]2CC[C@H]1O2. The third-order valence-electron chi connectivity index (χ3n) is 4.72. The van der Waals surface area contributed by atoms with Gasteiger partial charge in [0.1, 0.15) is 0 Å². The molecule has 2 aliphatic rings. The zero-order valence-corrected chi connectivity index (χ0v) is 13.1. The smallest absolute Gasteiger partial charge is 0.310 e. The molecular formula is C16H27NO4. The lowest BCUT2D eigenvalue weighted by molar-refractivity contribution is -0.151. The van der Waals surface area contributed by atoms with Crippen LogP contribution in [0, 0.1) is 11.8 Å². The van der Waals surface area contributed by atoms with Crippen molar-refractivity contribution >= 4 is 11.9 Å². The highest BCUT2D eigenvalue weighted by molar-refractivity contribution is 5.86. The van der Waals surface area contributed by atoms with Crippen LogP contribution in [-0.4, -0.2) is 47.2 Å². The summed E-state index contributed by atoms with van der Waals surface area (Å²) < 4.78 is 5.71. The summed E-state index contributed by atoms with van der Waals surface area (Å²) in [6.45, 7) is 5.66. The minimum absolute atomic E-state index is 0.00324. The Morgan fingerprint density at radius 2 is 1.57 bits per heavy atom. The van der Waals surface area contributed by atoms with Gasteiger partial charge in [0.25, 0.3) is 0 Å². The second kappa shape index (κ2) is 7.25. The second-order valence-corrected chi connectivity index (χ2v) is 6.21. The largest absolute Gasteiger partial charge is 0.481 e. The predicted molar refractivity (Wildman–Crippen MR) is 78.9 cm³/mol. The number of carboxylic acid groups (broad SMARTS) is 1. The van der Waals surface area contributed by atoms with Crippen LogP contribution in [0.3, 0.4) is 0 Å². The van der Waals surface area contributed by atoms with Gasteiger partial charge in [0, 0.05) is 13.1 Å². The van der Waals surface area contributed by atoms with E-state index in [0.717, 1.165) is 51.6 Å². The minimum atomic E-state index is -0.883. The molecule has 2 heterocycles. The fourth-order valence-electron chi connectivity index (χ4n) is 3.55. The molecule has 2 rings (SSSR count). The number of aliphatic carboxylic acids is 1. The molecule has 0 aromatic rings. The van der Waals surface area contributed by atoms with Crippen molar-refractivity contribution in [2.24, 2.45) is 11.8 Å². The fraction of sp³-hybridized carbons (Fsp3) is 0.875. The molecule has 0 unspecified atom stereocenters. The zero-order valence-electron chi connectivity index (χ0n) is 13.1. The van der Waals surface area contributed by atoms with Crippen LogP contribution in [0.25, 0.3) is 0 Å². The van der Waals surface area contributed by atoms with Crippen molar-refractivity contribution in [3.63, 3.8) is 0 Å². The molecule has 2 aliphatic heterocycles. The Bertz CT molecular complexity index is 376. The van der Waals surface area contributed by atoms with Gasteiger partial charge in [-0.3, -0.25) is 9.59 Å². The van der Waals surface area contributed by atoms with E-state index in [1.54, 1.807) is 0 Å². The Morgan fingerprint density at radius 1 is 1.05 bits per heavy atom. The standard InChI is InChI=1S/C16H27NO4/c1-3-5-9-17(10-6-4-2)15(18)13-11-7-8-12(21-11)14(13)16(19)20/h11-14H,3-10H2,1-2H3,(H,19,20)/t11-,12+,13+,14+/m1/s1. The highest BCUT2D eigenvalue weighted by Crippen LogP contribution is 2.44. The first-order valence-electron chi connectivity index (χ1n) is 8.27. The summed E-state index contributed by atoms with van der Waals surface area (Å²) in [5.74, 6) is -2.01. The van der Waals surface area contributed by atoms with E-state index in [1.165, 1.54) is 0 Å². The number of fused-ring (bicyclic) bond motifs is 2. The molecular weight excluding hydrogens is 270 g/mol. The summed E-state index contributed by atoms with van der Waals surface area (Å²) >= 11 is 0. The number of nitrogens with zero attached hydrogens (tertiary/aromatic N) is 1. The Hall–Kier alpha value is -1.10. The summed E-state index contributed by atoms with van der Waals surface area (Å²) in [5.41, 5.74) is 0. The van der Waals surface area contributed by atoms with Gasteiger partial charge in [-0.1, -0.05) is 26.7 Å². The van der Waals surface area contributed by atoms with Crippen LogP contribution in [0.1, 0.15) is 52.4 Å². The predicted octanol–water partition coefficient (Wildman–Crippen LogP) is 2.29. The average molecular weight is 297 g/mol. The van der Waals surface area contributed by atoms with Crippen molar-refractivity contribution < 1.29 is 19.4 Å². The number of carbonyl (C=O) groups is 2. The van der Waals surface area contributed by atoms with Crippen molar-refractivity contribution in [1.29, 1.82) is 0 Å². The molecule has 0 saturated carbocycles. The monoisotopic (exact) mass is 297 g/mol. The number of unbranched alkanes of at least 4 members (excludes halogenated alkanes) is 2. The molecule has 0 aliphatic carbocycles. The first kappa shape index (κ1) is 16.3. The Kier molecular flexibility index (Phi) is 5.62. The third-order valence-corrected chi connectivity index (χ3v) is 4.72. The summed E-state index contributed by atoms with van der Waals surface area (Å²) in [4.78, 5) is 26.2. The summed E-state index contributed by atoms with van der Waals surface area (Å²) in [6.07, 6.45) is 5.14. The van der Waals surface area contributed by atoms with E-state index in [9.17, 15) is 14.7 Å². The molecule has 120 valence electrons. The van der Waals surface area contributed by atoms with Crippen molar-refractivity contribution in [1.82, 2.24) is 4.90 Å². The topological polar surface area (TPSA) is 66.8 Å². The molecule has 5 heteroatoms. The molecule has 21 heavy (non-hydrogen) atoms. The van der Waals surface area contributed by atoms with Gasteiger partial charge in [-0.15, -0.1) is 0 Å². The molecule has 0 radical (unpaired) electrons. The summed E-state index contributed by atoms with van der Waals surface area (Å²) in [6, 6.07) is 0. The summed E-state index contributed by atoms with van der Waals surface area (Å²) in [5, 5.41) is 9.44. The molecule has 0 spiro atoms. The molecule has 4 atom stereocenters. The van der Waals surface area contributed by atoms with Crippen molar-refractivity contribution in [2.75, 3.05) is 13.1 Å². The maximum atomic E-state index is 12.8. The van der Waals surface area contributed by atoms with E-state index in [4.69, 9.17) is 4.74 Å². The Labute approximate surface area is 126 Å². The first-order valence-corrected chi connectivity index (χ1v) is 8.27. The van der Waals surface area contributed by atoms with Gasteiger partial charge < -0.3 is 14.7 Å². The molecule has 2 saturated heterocycles. The van der Waals surface area contributed by atoms with Gasteiger partial charge in [-0.05, 0) is 25.7 Å². The molecule has 2 fully saturated rings. The van der Waals surface area contributed by atoms with Crippen LogP contribution in [0.5, 0.6) is 0 Å². The normalized spacial score (nSPS) is 30.6. The Balaban J connectivity index is 2.08. The van der Waals surface area contributed by atoms with Crippen molar-refractivity contribution in [2.45, 2.75) is 64.6 Å². The number of amides is 1. The van der Waals surface area contributed by atoms with Gasteiger partial charge >= 0.3 is 5.97 Å². The van der Waals surface area contributed by atoms with E-state index in [1.807, 2.05) is 4.90 Å². The van der Waals surface area contributed by atoms with Crippen LogP contribution in [0.15, 0.2) is 0 Å². The number of hydrogen-bond donors (Lipinski definition) is 1. The Morgan fingerprint density at radius 3 is 2.05 bits per heavy atom. The number of ether oxygens (including phenoxy) is 1. The lowest BCUT2D eigenvalue weighted by Gasteiger charge is -2.30. The highest BCUT2D eigenvalue weighted by Gasteiger charge is 2.56. The van der Waals surface area contributed by atoms with Crippen LogP contribution in [0.4, 0.5) is 0 Å². The third kappa shape index (κ3) is 3.39. The van der Waals surface area contributed by atoms with Crippen LogP contribution >= 0.6 is 0 Å². The lowest BCUT2D eigenvalue weighted by Crippen LogP contribution is -2.46. The maximum absolute atomic E-state index is 12.8. The average Bonchev–Trinajstić information content (AvgIpc) is 3.07. The number of carboxylic acids is 1. The molecule has 0 aromatic heterocycles. The molecule has 5 nitrogen and oxygen atoms in total. The number of carbonyl (C=O) groups excluding carboxylic acids is 1. The quantitative estimate of drug-likeness (QED) is 0.746. The van der Waals surface area contributed by atoms with Crippen LogP contribution in [0.2, 0.25) is 0 Å². The van der Waals surface area contributed by atoms with E-state index in [0.29, 0.717) is 0 Å². The molecule has 2 bridgehead atoms. The lowest BCUT2D eigenvalue weighted by atomic mass is 9.78. The van der Waals surface area contributed by atoms with E-state index in [-0.39, 0.29) is 18.1 Å². The summed E-state index contributed by atoms with van der Waals surface area (Å²) in [7, 11) is 0. The maximum Gasteiger partial charge on any atom is 0.310 e. The van der Waals surface area contributed by atoms with E-state index in [2.05, 4.69) is 13.8 Å². The molecule has 1 N–H and O–H groups in total. The minimum Gasteiger partial charge on any atom is -0.481 e. The van der Waals surface area contributed by atoms with Gasteiger partial charge in [-0.2, -0.15) is 0 Å². The second-order valence-electron chi connectivity index (χ2n) is 6.21. The fourth-order valence-corrected chi connectivity index (χ4v) is 3.55.